The molecule has 0 aromatic carbocycles. The van der Waals surface area contributed by atoms with Gasteiger partial charge in [-0.05, 0) is 18.8 Å². The number of hydrogen-bond donors (Lipinski definition) is 1. The lowest BCUT2D eigenvalue weighted by molar-refractivity contribution is 0.260. The van der Waals surface area contributed by atoms with E-state index in [1.807, 2.05) is 6.07 Å². The Morgan fingerprint density at radius 1 is 1.28 bits per heavy atom. The molecule has 18 heavy (non-hydrogen) atoms. The predicted octanol–water partition coefficient (Wildman–Crippen LogP) is 3.21. The van der Waals surface area contributed by atoms with Crippen LogP contribution in [-0.2, 0) is 0 Å². The van der Waals surface area contributed by atoms with Gasteiger partial charge in [0.2, 0.25) is 5.88 Å². The summed E-state index contributed by atoms with van der Waals surface area (Å²) in [4.78, 5) is 9.00. The van der Waals surface area contributed by atoms with Gasteiger partial charge in [0.15, 0.2) is 0 Å². The molecule has 4 nitrogen and oxygen atoms in total. The van der Waals surface area contributed by atoms with Crippen molar-refractivity contribution in [2.75, 3.05) is 11.9 Å². The first-order chi connectivity index (χ1) is 8.54. The van der Waals surface area contributed by atoms with Crippen molar-refractivity contribution in [3.8, 4) is 5.88 Å². The lowest BCUT2D eigenvalue weighted by atomic mass is 10.2. The molecule has 1 heterocycles. The SMILES string of the molecule is CC(C)COc1cc(NC2CC2)nc(C(C)C)n1. The van der Waals surface area contributed by atoms with E-state index in [0.717, 1.165) is 11.6 Å². The average Bonchev–Trinajstić information content (AvgIpc) is 3.10. The Morgan fingerprint density at radius 2 is 2.00 bits per heavy atom. The van der Waals surface area contributed by atoms with Crippen molar-refractivity contribution in [1.82, 2.24) is 9.97 Å². The first-order valence-electron chi connectivity index (χ1n) is 6.83. The Morgan fingerprint density at radius 3 is 2.56 bits per heavy atom. The van der Waals surface area contributed by atoms with Crippen LogP contribution in [0.15, 0.2) is 6.07 Å². The summed E-state index contributed by atoms with van der Waals surface area (Å²) < 4.78 is 5.71. The van der Waals surface area contributed by atoms with Crippen LogP contribution in [0.2, 0.25) is 0 Å². The fraction of sp³-hybridized carbons (Fsp3) is 0.714. The van der Waals surface area contributed by atoms with E-state index in [-0.39, 0.29) is 0 Å². The number of anilines is 1. The number of ether oxygens (including phenoxy) is 1. The number of rotatable bonds is 6. The molecule has 1 aromatic rings. The van der Waals surface area contributed by atoms with E-state index >= 15 is 0 Å². The Hall–Kier alpha value is -1.32. The minimum Gasteiger partial charge on any atom is -0.477 e. The molecule has 0 saturated heterocycles. The van der Waals surface area contributed by atoms with Crippen LogP contribution in [0.3, 0.4) is 0 Å². The molecule has 2 rings (SSSR count). The largest absolute Gasteiger partial charge is 0.477 e. The molecule has 1 aliphatic carbocycles. The first kappa shape index (κ1) is 13.1. The highest BCUT2D eigenvalue weighted by Gasteiger charge is 2.22. The Labute approximate surface area is 109 Å². The molecule has 0 atom stereocenters. The maximum atomic E-state index is 5.71. The highest BCUT2D eigenvalue weighted by Crippen LogP contribution is 2.26. The van der Waals surface area contributed by atoms with E-state index in [0.29, 0.717) is 30.4 Å². The number of hydrogen-bond acceptors (Lipinski definition) is 4. The summed E-state index contributed by atoms with van der Waals surface area (Å²) in [6.45, 7) is 9.16. The summed E-state index contributed by atoms with van der Waals surface area (Å²) in [5.74, 6) is 3.24. The second-order valence-electron chi connectivity index (χ2n) is 5.73. The minimum atomic E-state index is 0.312. The highest BCUT2D eigenvalue weighted by molar-refractivity contribution is 5.41. The third-order valence-corrected chi connectivity index (χ3v) is 2.73. The average molecular weight is 249 g/mol. The first-order valence-corrected chi connectivity index (χ1v) is 6.83. The Bertz CT molecular complexity index is 400. The normalized spacial score (nSPS) is 15.2. The topological polar surface area (TPSA) is 47.0 Å². The summed E-state index contributed by atoms with van der Waals surface area (Å²) in [6, 6.07) is 2.50. The fourth-order valence-electron chi connectivity index (χ4n) is 1.54. The van der Waals surface area contributed by atoms with E-state index in [2.05, 4.69) is 43.0 Å². The summed E-state index contributed by atoms with van der Waals surface area (Å²) in [6.07, 6.45) is 2.48. The van der Waals surface area contributed by atoms with E-state index in [4.69, 9.17) is 4.74 Å². The van der Waals surface area contributed by atoms with Crippen molar-refractivity contribution in [2.24, 2.45) is 5.92 Å². The Kier molecular flexibility index (Phi) is 4.04. The molecule has 1 fully saturated rings. The monoisotopic (exact) mass is 249 g/mol. The number of aromatic nitrogens is 2. The molecule has 0 radical (unpaired) electrons. The molecule has 100 valence electrons. The van der Waals surface area contributed by atoms with Crippen LogP contribution < -0.4 is 10.1 Å². The third kappa shape index (κ3) is 3.86. The van der Waals surface area contributed by atoms with Gasteiger partial charge in [0.1, 0.15) is 11.6 Å². The number of nitrogens with one attached hydrogen (secondary N) is 1. The molecular formula is C14H23N3O. The predicted molar refractivity (Wildman–Crippen MR) is 73.1 cm³/mol. The van der Waals surface area contributed by atoms with Gasteiger partial charge in [-0.25, -0.2) is 4.98 Å². The molecule has 0 bridgehead atoms. The van der Waals surface area contributed by atoms with E-state index in [1.165, 1.54) is 12.8 Å². The molecule has 1 aliphatic rings. The molecule has 1 N–H and O–H groups in total. The molecule has 0 aliphatic heterocycles. The Balaban J connectivity index is 2.12. The van der Waals surface area contributed by atoms with Gasteiger partial charge < -0.3 is 10.1 Å². The zero-order valence-corrected chi connectivity index (χ0v) is 11.7. The molecule has 0 amide bonds. The quantitative estimate of drug-likeness (QED) is 0.841. The van der Waals surface area contributed by atoms with Gasteiger partial charge in [-0.3, -0.25) is 0 Å². The molecule has 1 aromatic heterocycles. The van der Waals surface area contributed by atoms with E-state index < -0.39 is 0 Å². The fourth-order valence-corrected chi connectivity index (χ4v) is 1.54. The second-order valence-corrected chi connectivity index (χ2v) is 5.73. The lowest BCUT2D eigenvalue weighted by Crippen LogP contribution is -2.11. The minimum absolute atomic E-state index is 0.312. The van der Waals surface area contributed by atoms with Gasteiger partial charge in [0, 0.05) is 18.0 Å². The third-order valence-electron chi connectivity index (χ3n) is 2.73. The van der Waals surface area contributed by atoms with Crippen LogP contribution in [-0.4, -0.2) is 22.6 Å². The van der Waals surface area contributed by atoms with Gasteiger partial charge in [-0.15, -0.1) is 0 Å². The van der Waals surface area contributed by atoms with Crippen LogP contribution in [0.5, 0.6) is 5.88 Å². The zero-order valence-electron chi connectivity index (χ0n) is 11.7. The van der Waals surface area contributed by atoms with Gasteiger partial charge in [0.05, 0.1) is 6.61 Å². The second kappa shape index (κ2) is 5.55. The van der Waals surface area contributed by atoms with Crippen molar-refractivity contribution in [2.45, 2.75) is 52.5 Å². The van der Waals surface area contributed by atoms with Gasteiger partial charge in [0.25, 0.3) is 0 Å². The van der Waals surface area contributed by atoms with Crippen molar-refractivity contribution in [3.63, 3.8) is 0 Å². The summed E-state index contributed by atoms with van der Waals surface area (Å²) in [5, 5.41) is 3.41. The van der Waals surface area contributed by atoms with Crippen LogP contribution in [0.25, 0.3) is 0 Å². The summed E-state index contributed by atoms with van der Waals surface area (Å²) in [7, 11) is 0. The van der Waals surface area contributed by atoms with Gasteiger partial charge in [-0.1, -0.05) is 27.7 Å². The van der Waals surface area contributed by atoms with Crippen LogP contribution in [0.1, 0.15) is 52.3 Å². The van der Waals surface area contributed by atoms with Crippen LogP contribution in [0, 0.1) is 5.92 Å². The van der Waals surface area contributed by atoms with Crippen LogP contribution >= 0.6 is 0 Å². The molecule has 1 saturated carbocycles. The maximum absolute atomic E-state index is 5.71. The lowest BCUT2D eigenvalue weighted by Gasteiger charge is -2.13. The zero-order chi connectivity index (χ0) is 13.1. The summed E-state index contributed by atoms with van der Waals surface area (Å²) >= 11 is 0. The molecular weight excluding hydrogens is 226 g/mol. The smallest absolute Gasteiger partial charge is 0.218 e. The van der Waals surface area contributed by atoms with E-state index in [1.54, 1.807) is 0 Å². The summed E-state index contributed by atoms with van der Waals surface area (Å²) in [5.41, 5.74) is 0. The highest BCUT2D eigenvalue weighted by atomic mass is 16.5. The van der Waals surface area contributed by atoms with Crippen molar-refractivity contribution < 1.29 is 4.74 Å². The van der Waals surface area contributed by atoms with Crippen LogP contribution in [0.4, 0.5) is 5.82 Å². The molecule has 0 unspecified atom stereocenters. The standard InChI is InChI=1S/C14H23N3O/c1-9(2)8-18-13-7-12(15-11-5-6-11)16-14(17-13)10(3)4/h7,9-11H,5-6,8H2,1-4H3,(H,15,16,17). The van der Waals surface area contributed by atoms with Crippen molar-refractivity contribution >= 4 is 5.82 Å². The van der Waals surface area contributed by atoms with Crippen molar-refractivity contribution in [1.29, 1.82) is 0 Å². The molecule has 4 heteroatoms. The molecule has 0 spiro atoms. The van der Waals surface area contributed by atoms with E-state index in [9.17, 15) is 0 Å². The maximum Gasteiger partial charge on any atom is 0.218 e. The number of nitrogens with zero attached hydrogens (tertiary/aromatic N) is 2. The van der Waals surface area contributed by atoms with Crippen molar-refractivity contribution in [3.05, 3.63) is 11.9 Å². The van der Waals surface area contributed by atoms with Gasteiger partial charge >= 0.3 is 0 Å². The van der Waals surface area contributed by atoms with Gasteiger partial charge in [-0.2, -0.15) is 4.98 Å².